The van der Waals surface area contributed by atoms with Crippen molar-refractivity contribution in [1.29, 1.82) is 0 Å². The van der Waals surface area contributed by atoms with Gasteiger partial charge in [0.2, 0.25) is 0 Å². The number of rotatable bonds is 5. The lowest BCUT2D eigenvalue weighted by Crippen LogP contribution is -2.41. The summed E-state index contributed by atoms with van der Waals surface area (Å²) in [7, 11) is 1.52. The van der Waals surface area contributed by atoms with Gasteiger partial charge in [-0.05, 0) is 48.5 Å². The fourth-order valence-electron chi connectivity index (χ4n) is 2.36. The van der Waals surface area contributed by atoms with Crippen LogP contribution >= 0.6 is 0 Å². The largest absolute Gasteiger partial charge is 0.497 e. The zero-order valence-corrected chi connectivity index (χ0v) is 14.9. The molecule has 0 saturated heterocycles. The van der Waals surface area contributed by atoms with Gasteiger partial charge in [-0.15, -0.1) is 0 Å². The summed E-state index contributed by atoms with van der Waals surface area (Å²) in [6, 6.07) is 16.0. The van der Waals surface area contributed by atoms with Gasteiger partial charge in [-0.1, -0.05) is 12.1 Å². The van der Waals surface area contributed by atoms with E-state index >= 15 is 0 Å². The molecule has 3 amide bonds. The molecule has 142 valence electrons. The highest BCUT2D eigenvalue weighted by molar-refractivity contribution is 6.05. The minimum absolute atomic E-state index is 0.0691. The van der Waals surface area contributed by atoms with Crippen LogP contribution in [0, 0.1) is 0 Å². The topological polar surface area (TPSA) is 110 Å². The van der Waals surface area contributed by atoms with E-state index in [1.165, 1.54) is 25.5 Å². The third kappa shape index (κ3) is 4.55. The minimum Gasteiger partial charge on any atom is -0.497 e. The van der Waals surface area contributed by atoms with Crippen molar-refractivity contribution in [3.63, 3.8) is 0 Å². The van der Waals surface area contributed by atoms with Crippen LogP contribution in [0.3, 0.4) is 0 Å². The molecule has 2 aromatic carbocycles. The molecule has 0 radical (unpaired) electrons. The Morgan fingerprint density at radius 2 is 1.54 bits per heavy atom. The molecule has 0 bridgehead atoms. The molecule has 0 spiro atoms. The summed E-state index contributed by atoms with van der Waals surface area (Å²) in [4.78, 5) is 36.4. The number of furan rings is 1. The lowest BCUT2D eigenvalue weighted by Gasteiger charge is -2.09. The number of amides is 3. The zero-order chi connectivity index (χ0) is 19.9. The number of nitrogens with one attached hydrogen (secondary N) is 3. The first-order valence-corrected chi connectivity index (χ1v) is 8.26. The number of hydrogen-bond donors (Lipinski definition) is 3. The Kier molecular flexibility index (Phi) is 5.71. The Bertz CT molecular complexity index is 999. The molecule has 28 heavy (non-hydrogen) atoms. The van der Waals surface area contributed by atoms with E-state index in [-0.39, 0.29) is 17.2 Å². The molecule has 3 N–H and O–H groups in total. The first-order chi connectivity index (χ1) is 13.6. The van der Waals surface area contributed by atoms with E-state index < -0.39 is 11.8 Å². The molecule has 0 aliphatic rings. The second kappa shape index (κ2) is 8.54. The van der Waals surface area contributed by atoms with Crippen molar-refractivity contribution in [2.75, 3.05) is 12.4 Å². The van der Waals surface area contributed by atoms with Gasteiger partial charge in [-0.25, -0.2) is 0 Å². The maximum absolute atomic E-state index is 12.4. The van der Waals surface area contributed by atoms with Gasteiger partial charge in [0.05, 0.1) is 13.4 Å². The van der Waals surface area contributed by atoms with E-state index in [1.54, 1.807) is 48.5 Å². The van der Waals surface area contributed by atoms with Gasteiger partial charge < -0.3 is 14.5 Å². The fourth-order valence-corrected chi connectivity index (χ4v) is 2.36. The molecular weight excluding hydrogens is 362 g/mol. The average Bonchev–Trinajstić information content (AvgIpc) is 3.27. The van der Waals surface area contributed by atoms with Gasteiger partial charge in [0.25, 0.3) is 11.8 Å². The van der Waals surface area contributed by atoms with Crippen LogP contribution in [0.2, 0.25) is 0 Å². The van der Waals surface area contributed by atoms with Gasteiger partial charge in [-0.3, -0.25) is 25.2 Å². The number of carbonyl (C=O) groups is 3. The summed E-state index contributed by atoms with van der Waals surface area (Å²) in [5.74, 6) is -0.839. The van der Waals surface area contributed by atoms with E-state index in [4.69, 9.17) is 9.15 Å². The molecule has 1 aromatic heterocycles. The molecule has 3 rings (SSSR count). The second-order valence-corrected chi connectivity index (χ2v) is 5.65. The second-order valence-electron chi connectivity index (χ2n) is 5.65. The molecule has 0 aliphatic heterocycles. The van der Waals surface area contributed by atoms with E-state index in [1.807, 2.05) is 0 Å². The summed E-state index contributed by atoms with van der Waals surface area (Å²) in [5.41, 5.74) is 5.63. The molecule has 0 atom stereocenters. The molecule has 1 heterocycles. The Hall–Kier alpha value is -4.07. The molecule has 3 aromatic rings. The number of hydrogen-bond acceptors (Lipinski definition) is 5. The lowest BCUT2D eigenvalue weighted by atomic mass is 10.1. The highest BCUT2D eigenvalue weighted by Crippen LogP contribution is 2.16. The van der Waals surface area contributed by atoms with Crippen molar-refractivity contribution in [1.82, 2.24) is 10.9 Å². The monoisotopic (exact) mass is 379 g/mol. The van der Waals surface area contributed by atoms with E-state index in [0.717, 1.165) is 0 Å². The maximum Gasteiger partial charge on any atom is 0.305 e. The number of anilines is 1. The highest BCUT2D eigenvalue weighted by atomic mass is 16.5. The Labute approximate surface area is 160 Å². The standard InChI is InChI=1S/C20H17N3O5/c1-27-16-8-3-6-14(12-16)18(24)21-15-7-2-5-13(11-15)19(25)22-23-20(26)17-9-4-10-28-17/h2-12H,1H3,(H,21,24)(H,22,25)(H,23,26). The van der Waals surface area contributed by atoms with E-state index in [0.29, 0.717) is 17.0 Å². The van der Waals surface area contributed by atoms with Gasteiger partial charge in [0.15, 0.2) is 5.76 Å². The summed E-state index contributed by atoms with van der Waals surface area (Å²) in [6.07, 6.45) is 1.35. The van der Waals surface area contributed by atoms with Crippen LogP contribution in [0.5, 0.6) is 5.75 Å². The maximum atomic E-state index is 12.4. The predicted octanol–water partition coefficient (Wildman–Crippen LogP) is 2.62. The smallest absolute Gasteiger partial charge is 0.305 e. The highest BCUT2D eigenvalue weighted by Gasteiger charge is 2.12. The van der Waals surface area contributed by atoms with E-state index in [2.05, 4.69) is 16.2 Å². The molecule has 0 unspecified atom stereocenters. The van der Waals surface area contributed by atoms with Crippen molar-refractivity contribution in [3.8, 4) is 5.75 Å². The number of benzene rings is 2. The first kappa shape index (κ1) is 18.7. The SMILES string of the molecule is COc1cccc(C(=O)Nc2cccc(C(=O)NNC(=O)c3ccco3)c2)c1. The Morgan fingerprint density at radius 3 is 2.25 bits per heavy atom. The first-order valence-electron chi connectivity index (χ1n) is 8.26. The van der Waals surface area contributed by atoms with Crippen molar-refractivity contribution in [2.24, 2.45) is 0 Å². The summed E-state index contributed by atoms with van der Waals surface area (Å²) >= 11 is 0. The Morgan fingerprint density at radius 1 is 0.821 bits per heavy atom. The Balaban J connectivity index is 1.63. The van der Waals surface area contributed by atoms with Crippen molar-refractivity contribution in [2.45, 2.75) is 0 Å². The predicted molar refractivity (Wildman–Crippen MR) is 101 cm³/mol. The van der Waals surface area contributed by atoms with Crippen LogP contribution in [0.1, 0.15) is 31.3 Å². The molecule has 0 fully saturated rings. The number of methoxy groups -OCH3 is 1. The average molecular weight is 379 g/mol. The summed E-state index contributed by atoms with van der Waals surface area (Å²) in [6.45, 7) is 0. The van der Waals surface area contributed by atoms with Gasteiger partial charge in [0, 0.05) is 16.8 Å². The lowest BCUT2D eigenvalue weighted by molar-refractivity contribution is 0.0831. The number of carbonyl (C=O) groups excluding carboxylic acids is 3. The van der Waals surface area contributed by atoms with Crippen LogP contribution in [0.15, 0.2) is 71.3 Å². The molecule has 0 aliphatic carbocycles. The van der Waals surface area contributed by atoms with Crippen LogP contribution in [0.25, 0.3) is 0 Å². The number of ether oxygens (including phenoxy) is 1. The van der Waals surface area contributed by atoms with Crippen molar-refractivity contribution in [3.05, 3.63) is 83.8 Å². The molecular formula is C20H17N3O5. The zero-order valence-electron chi connectivity index (χ0n) is 14.9. The third-order valence-electron chi connectivity index (χ3n) is 3.75. The fraction of sp³-hybridized carbons (Fsp3) is 0.0500. The van der Waals surface area contributed by atoms with Crippen molar-refractivity contribution >= 4 is 23.4 Å². The van der Waals surface area contributed by atoms with Crippen LogP contribution < -0.4 is 20.9 Å². The molecule has 0 saturated carbocycles. The third-order valence-corrected chi connectivity index (χ3v) is 3.75. The summed E-state index contributed by atoms with van der Waals surface area (Å²) < 4.78 is 10.0. The van der Waals surface area contributed by atoms with Crippen LogP contribution in [0.4, 0.5) is 5.69 Å². The van der Waals surface area contributed by atoms with Gasteiger partial charge >= 0.3 is 5.91 Å². The van der Waals surface area contributed by atoms with Crippen LogP contribution in [-0.2, 0) is 0 Å². The quantitative estimate of drug-likeness (QED) is 0.591. The van der Waals surface area contributed by atoms with Gasteiger partial charge in [-0.2, -0.15) is 0 Å². The van der Waals surface area contributed by atoms with Crippen LogP contribution in [-0.4, -0.2) is 24.8 Å². The molecule has 8 heteroatoms. The van der Waals surface area contributed by atoms with E-state index in [9.17, 15) is 14.4 Å². The molecule has 8 nitrogen and oxygen atoms in total. The minimum atomic E-state index is -0.583. The van der Waals surface area contributed by atoms with Gasteiger partial charge in [0.1, 0.15) is 5.75 Å². The number of hydrazine groups is 1. The summed E-state index contributed by atoms with van der Waals surface area (Å²) in [5, 5.41) is 2.72. The van der Waals surface area contributed by atoms with Crippen molar-refractivity contribution < 1.29 is 23.5 Å². The normalized spacial score (nSPS) is 10.0.